The zero-order valence-corrected chi connectivity index (χ0v) is 8.83. The smallest absolute Gasteiger partial charge is 0.284 e. The van der Waals surface area contributed by atoms with Gasteiger partial charge in [0, 0.05) is 6.07 Å². The lowest BCUT2D eigenvalue weighted by atomic mass is 10.3. The summed E-state index contributed by atoms with van der Waals surface area (Å²) in [5.74, 6) is -1.26. The van der Waals surface area contributed by atoms with Crippen molar-refractivity contribution in [2.24, 2.45) is 5.14 Å². The van der Waals surface area contributed by atoms with Crippen molar-refractivity contribution >= 4 is 10.0 Å². The van der Waals surface area contributed by atoms with Crippen LogP contribution in [0.3, 0.4) is 0 Å². The summed E-state index contributed by atoms with van der Waals surface area (Å²) >= 11 is 0. The lowest BCUT2D eigenvalue weighted by molar-refractivity contribution is 0.140. The number of hydrogen-bond donors (Lipinski definition) is 2. The summed E-state index contributed by atoms with van der Waals surface area (Å²) < 4.78 is 51.2. The van der Waals surface area contributed by atoms with E-state index in [9.17, 15) is 17.2 Å². The molecule has 9 heteroatoms. The van der Waals surface area contributed by atoms with E-state index in [0.717, 1.165) is 7.11 Å². The second-order valence-corrected chi connectivity index (χ2v) is 4.22. The summed E-state index contributed by atoms with van der Waals surface area (Å²) in [5.41, 5.74) is -1.06. The third-order valence-corrected chi connectivity index (χ3v) is 2.49. The molecule has 0 saturated carbocycles. The average molecular weight is 254 g/mol. The topological polar surface area (TPSA) is 103 Å². The first-order valence-corrected chi connectivity index (χ1v) is 5.41. The van der Waals surface area contributed by atoms with Gasteiger partial charge in [-0.05, 0) is 0 Å². The second kappa shape index (κ2) is 4.18. The van der Waals surface area contributed by atoms with Crippen molar-refractivity contribution in [2.75, 3.05) is 7.11 Å². The Bertz CT molecular complexity index is 503. The molecule has 1 rings (SSSR count). The number of hydrogen-bond acceptors (Lipinski definition) is 5. The molecule has 0 saturated heterocycles. The Balaban J connectivity index is 3.53. The molecule has 16 heavy (non-hydrogen) atoms. The highest BCUT2D eigenvalue weighted by molar-refractivity contribution is 7.89. The van der Waals surface area contributed by atoms with Crippen LogP contribution in [-0.2, 0) is 10.0 Å². The maximum atomic E-state index is 12.3. The molecule has 0 unspecified atom stereocenters. The van der Waals surface area contributed by atoms with Crippen LogP contribution in [0.15, 0.2) is 11.1 Å². The van der Waals surface area contributed by atoms with Gasteiger partial charge in [0.25, 0.3) is 16.4 Å². The number of pyridine rings is 1. The molecule has 0 aliphatic carbocycles. The number of nitrogens with two attached hydrogens (primary N) is 1. The van der Waals surface area contributed by atoms with Crippen LogP contribution in [0.25, 0.3) is 0 Å². The number of ether oxygens (including phenoxy) is 1. The number of halogens is 2. The zero-order valence-electron chi connectivity index (χ0n) is 8.02. The largest absolute Gasteiger partial charge is 0.506 e. The average Bonchev–Trinajstić information content (AvgIpc) is 2.14. The van der Waals surface area contributed by atoms with Crippen molar-refractivity contribution in [1.82, 2.24) is 4.98 Å². The summed E-state index contributed by atoms with van der Waals surface area (Å²) in [6.45, 7) is 0. The van der Waals surface area contributed by atoms with Crippen LogP contribution in [0.5, 0.6) is 11.5 Å². The van der Waals surface area contributed by atoms with Gasteiger partial charge in [-0.2, -0.15) is 0 Å². The summed E-state index contributed by atoms with van der Waals surface area (Å²) in [5, 5.41) is 13.0. The molecule has 90 valence electrons. The summed E-state index contributed by atoms with van der Waals surface area (Å²) in [4.78, 5) is 3.08. The lowest BCUT2D eigenvalue weighted by Gasteiger charge is -2.09. The Kier molecular flexibility index (Phi) is 3.29. The maximum absolute atomic E-state index is 12.3. The highest BCUT2D eigenvalue weighted by Gasteiger charge is 2.24. The third-order valence-electron chi connectivity index (χ3n) is 1.66. The molecule has 1 aromatic rings. The standard InChI is InChI=1S/C7H8F2N2O4S/c1-15-4-2-3(12)5(6(8)9)11-7(4)16(10,13)14/h2,6,12H,1H3,(H2,10,13,14). The zero-order chi connectivity index (χ0) is 12.5. The number of rotatable bonds is 3. The first-order chi connectivity index (χ1) is 7.27. The van der Waals surface area contributed by atoms with Crippen LogP contribution in [-0.4, -0.2) is 25.6 Å². The quantitative estimate of drug-likeness (QED) is 0.811. The van der Waals surface area contributed by atoms with Gasteiger partial charge in [-0.15, -0.1) is 0 Å². The van der Waals surface area contributed by atoms with Crippen molar-refractivity contribution < 1.29 is 27.0 Å². The van der Waals surface area contributed by atoms with E-state index in [0.29, 0.717) is 6.07 Å². The highest BCUT2D eigenvalue weighted by Crippen LogP contribution is 2.32. The van der Waals surface area contributed by atoms with E-state index in [4.69, 9.17) is 10.2 Å². The molecule has 0 aliphatic rings. The highest BCUT2D eigenvalue weighted by atomic mass is 32.2. The van der Waals surface area contributed by atoms with Crippen molar-refractivity contribution in [3.05, 3.63) is 11.8 Å². The van der Waals surface area contributed by atoms with Gasteiger partial charge < -0.3 is 9.84 Å². The number of primary sulfonamides is 1. The van der Waals surface area contributed by atoms with Gasteiger partial charge >= 0.3 is 0 Å². The van der Waals surface area contributed by atoms with Gasteiger partial charge in [0.1, 0.15) is 11.4 Å². The molecule has 0 aliphatic heterocycles. The molecule has 0 bridgehead atoms. The molecule has 0 amide bonds. The van der Waals surface area contributed by atoms with Crippen LogP contribution in [0.4, 0.5) is 8.78 Å². The Morgan fingerprint density at radius 1 is 1.56 bits per heavy atom. The minimum absolute atomic E-state index is 0.399. The number of aromatic hydroxyl groups is 1. The SMILES string of the molecule is COc1cc(O)c(C(F)F)nc1S(N)(=O)=O. The van der Waals surface area contributed by atoms with Gasteiger partial charge in [0.2, 0.25) is 5.03 Å². The van der Waals surface area contributed by atoms with E-state index in [2.05, 4.69) is 9.72 Å². The van der Waals surface area contributed by atoms with Crippen LogP contribution >= 0.6 is 0 Å². The monoisotopic (exact) mass is 254 g/mol. The van der Waals surface area contributed by atoms with E-state index in [1.807, 2.05) is 0 Å². The van der Waals surface area contributed by atoms with Crippen LogP contribution in [0, 0.1) is 0 Å². The van der Waals surface area contributed by atoms with Crippen LogP contribution in [0.1, 0.15) is 12.1 Å². The molecule has 0 radical (unpaired) electrons. The van der Waals surface area contributed by atoms with E-state index < -0.39 is 38.7 Å². The number of methoxy groups -OCH3 is 1. The molecule has 0 fully saturated rings. The summed E-state index contributed by atoms with van der Waals surface area (Å²) in [6.07, 6.45) is -3.12. The van der Waals surface area contributed by atoms with E-state index in [1.165, 1.54) is 0 Å². The summed E-state index contributed by atoms with van der Waals surface area (Å²) in [7, 11) is -3.21. The first kappa shape index (κ1) is 12.6. The molecule has 1 aromatic heterocycles. The van der Waals surface area contributed by atoms with E-state index in [1.54, 1.807) is 0 Å². The number of nitrogens with zero attached hydrogens (tertiary/aromatic N) is 1. The lowest BCUT2D eigenvalue weighted by Crippen LogP contribution is -2.16. The van der Waals surface area contributed by atoms with Crippen molar-refractivity contribution in [1.29, 1.82) is 0 Å². The van der Waals surface area contributed by atoms with Crippen molar-refractivity contribution in [3.8, 4) is 11.5 Å². The molecule has 0 spiro atoms. The molecule has 3 N–H and O–H groups in total. The molecular formula is C7H8F2N2O4S. The van der Waals surface area contributed by atoms with Crippen LogP contribution in [0.2, 0.25) is 0 Å². The Morgan fingerprint density at radius 3 is 2.50 bits per heavy atom. The van der Waals surface area contributed by atoms with Gasteiger partial charge in [0.05, 0.1) is 7.11 Å². The van der Waals surface area contributed by atoms with Gasteiger partial charge in [0.15, 0.2) is 5.75 Å². The first-order valence-electron chi connectivity index (χ1n) is 3.86. The van der Waals surface area contributed by atoms with Crippen LogP contribution < -0.4 is 9.88 Å². The van der Waals surface area contributed by atoms with Crippen molar-refractivity contribution in [3.63, 3.8) is 0 Å². The number of alkyl halides is 2. The maximum Gasteiger partial charge on any atom is 0.284 e. The van der Waals surface area contributed by atoms with E-state index in [-0.39, 0.29) is 0 Å². The third kappa shape index (κ3) is 2.36. The molecule has 0 atom stereocenters. The minimum atomic E-state index is -4.30. The Morgan fingerprint density at radius 2 is 2.12 bits per heavy atom. The Labute approximate surface area is 89.7 Å². The fraction of sp³-hybridized carbons (Fsp3) is 0.286. The minimum Gasteiger partial charge on any atom is -0.506 e. The summed E-state index contributed by atoms with van der Waals surface area (Å²) in [6, 6.07) is 0.717. The van der Waals surface area contributed by atoms with Crippen molar-refractivity contribution in [2.45, 2.75) is 11.5 Å². The normalized spacial score (nSPS) is 11.8. The molecular weight excluding hydrogens is 246 g/mol. The fourth-order valence-corrected chi connectivity index (χ4v) is 1.64. The second-order valence-electron chi connectivity index (χ2n) is 2.75. The number of sulfonamides is 1. The van der Waals surface area contributed by atoms with Gasteiger partial charge in [-0.3, -0.25) is 0 Å². The molecule has 1 heterocycles. The van der Waals surface area contributed by atoms with Gasteiger partial charge in [-0.1, -0.05) is 0 Å². The fourth-order valence-electron chi connectivity index (χ4n) is 0.992. The molecule has 6 nitrogen and oxygen atoms in total. The Hall–Kier alpha value is -1.48. The molecule has 0 aromatic carbocycles. The van der Waals surface area contributed by atoms with E-state index >= 15 is 0 Å². The predicted octanol–water partition coefficient (Wildman–Crippen LogP) is 0.381. The van der Waals surface area contributed by atoms with Gasteiger partial charge in [-0.25, -0.2) is 27.3 Å². The predicted molar refractivity (Wildman–Crippen MR) is 48.8 cm³/mol. The number of aromatic nitrogens is 1.